The summed E-state index contributed by atoms with van der Waals surface area (Å²) in [5.41, 5.74) is 9.94. The zero-order chi connectivity index (χ0) is 22.5. The Hall–Kier alpha value is -3.62. The number of nitrogen functional groups attached to an aromatic ring is 1. The molecule has 0 spiro atoms. The highest BCUT2D eigenvalue weighted by Gasteiger charge is 2.33. The van der Waals surface area contributed by atoms with Gasteiger partial charge in [-0.2, -0.15) is 5.10 Å². The first-order valence-electron chi connectivity index (χ1n) is 10.9. The number of carbonyl (C=O) groups is 1. The summed E-state index contributed by atoms with van der Waals surface area (Å²) in [5, 5.41) is 7.91. The number of nitrogens with zero attached hydrogens (tertiary/aromatic N) is 4. The highest BCUT2D eigenvalue weighted by molar-refractivity contribution is 6.07. The van der Waals surface area contributed by atoms with E-state index in [0.29, 0.717) is 18.8 Å². The predicted molar refractivity (Wildman–Crippen MR) is 123 cm³/mol. The molecule has 3 aromatic heterocycles. The van der Waals surface area contributed by atoms with Crippen LogP contribution in [0.5, 0.6) is 0 Å². The first-order valence-corrected chi connectivity index (χ1v) is 10.9. The van der Waals surface area contributed by atoms with E-state index < -0.39 is 5.60 Å². The van der Waals surface area contributed by atoms with Gasteiger partial charge in [0.2, 0.25) is 0 Å². The fraction of sp³-hybridized carbons (Fsp3) is 0.391. The van der Waals surface area contributed by atoms with E-state index in [-0.39, 0.29) is 12.1 Å². The second-order valence-electron chi connectivity index (χ2n) is 9.28. The molecular weight excluding hydrogens is 406 g/mol. The molecule has 0 radical (unpaired) electrons. The van der Waals surface area contributed by atoms with Crippen molar-refractivity contribution in [1.29, 1.82) is 0 Å². The summed E-state index contributed by atoms with van der Waals surface area (Å²) < 4.78 is 5.59. The van der Waals surface area contributed by atoms with Crippen molar-refractivity contribution in [3.8, 4) is 11.3 Å². The van der Waals surface area contributed by atoms with Crippen molar-refractivity contribution in [1.82, 2.24) is 30.0 Å². The number of imidazole rings is 1. The number of aromatic amines is 2. The molecule has 1 atom stereocenters. The van der Waals surface area contributed by atoms with E-state index in [1.165, 1.54) is 0 Å². The number of amides is 1. The number of pyridine rings is 1. The van der Waals surface area contributed by atoms with Crippen LogP contribution in [0.1, 0.15) is 39.4 Å². The number of aromatic nitrogens is 5. The third-order valence-corrected chi connectivity index (χ3v) is 5.75. The molecule has 0 unspecified atom stereocenters. The van der Waals surface area contributed by atoms with E-state index in [1.54, 1.807) is 6.20 Å². The number of anilines is 1. The summed E-state index contributed by atoms with van der Waals surface area (Å²) in [5.74, 6) is 1.20. The third-order valence-electron chi connectivity index (χ3n) is 5.75. The van der Waals surface area contributed by atoms with E-state index >= 15 is 0 Å². The van der Waals surface area contributed by atoms with Crippen molar-refractivity contribution in [3.05, 3.63) is 36.3 Å². The van der Waals surface area contributed by atoms with Gasteiger partial charge in [0.05, 0.1) is 11.2 Å². The van der Waals surface area contributed by atoms with Gasteiger partial charge in [-0.15, -0.1) is 0 Å². The molecular formula is C23H27N7O2. The van der Waals surface area contributed by atoms with Crippen LogP contribution < -0.4 is 5.73 Å². The lowest BCUT2D eigenvalue weighted by atomic mass is 10.1. The van der Waals surface area contributed by atoms with Crippen molar-refractivity contribution in [2.24, 2.45) is 0 Å². The summed E-state index contributed by atoms with van der Waals surface area (Å²) in [6, 6.07) is 7.95. The number of likely N-dealkylation sites (tertiary alicyclic amines) is 1. The number of nitrogens with one attached hydrogen (secondary N) is 2. The molecule has 4 heterocycles. The van der Waals surface area contributed by atoms with E-state index in [4.69, 9.17) is 15.5 Å². The van der Waals surface area contributed by atoms with E-state index in [9.17, 15) is 4.79 Å². The van der Waals surface area contributed by atoms with Crippen molar-refractivity contribution in [2.75, 3.05) is 12.3 Å². The Bertz CT molecular complexity index is 1290. The molecule has 32 heavy (non-hydrogen) atoms. The minimum absolute atomic E-state index is 0.0397. The normalized spacial score (nSPS) is 16.8. The van der Waals surface area contributed by atoms with Crippen molar-refractivity contribution in [2.45, 2.75) is 51.7 Å². The van der Waals surface area contributed by atoms with Crippen LogP contribution in [-0.4, -0.2) is 54.3 Å². The summed E-state index contributed by atoms with van der Waals surface area (Å²) in [4.78, 5) is 27.2. The number of H-pyrrole nitrogens is 2. The van der Waals surface area contributed by atoms with Gasteiger partial charge in [-0.25, -0.2) is 14.8 Å². The maximum absolute atomic E-state index is 12.6. The quantitative estimate of drug-likeness (QED) is 0.448. The van der Waals surface area contributed by atoms with E-state index in [0.717, 1.165) is 51.9 Å². The van der Waals surface area contributed by atoms with Gasteiger partial charge < -0.3 is 20.4 Å². The number of nitrogens with two attached hydrogens (primary N) is 1. The van der Waals surface area contributed by atoms with Crippen molar-refractivity contribution in [3.63, 3.8) is 0 Å². The average molecular weight is 434 g/mol. The molecule has 4 N–H and O–H groups in total. The van der Waals surface area contributed by atoms with Crippen LogP contribution in [0.4, 0.5) is 10.6 Å². The summed E-state index contributed by atoms with van der Waals surface area (Å²) in [6.45, 7) is 6.35. The largest absolute Gasteiger partial charge is 0.444 e. The van der Waals surface area contributed by atoms with E-state index in [1.807, 2.05) is 49.9 Å². The number of ether oxygens (including phenoxy) is 1. The fourth-order valence-electron chi connectivity index (χ4n) is 4.33. The van der Waals surface area contributed by atoms with Gasteiger partial charge in [-0.1, -0.05) is 6.07 Å². The lowest BCUT2D eigenvalue weighted by molar-refractivity contribution is 0.0226. The summed E-state index contributed by atoms with van der Waals surface area (Å²) in [6.07, 6.45) is 3.93. The molecule has 1 aliphatic heterocycles. The smallest absolute Gasteiger partial charge is 0.410 e. The topological polar surface area (TPSA) is 126 Å². The zero-order valence-corrected chi connectivity index (χ0v) is 18.5. The molecule has 5 rings (SSSR count). The second-order valence-corrected chi connectivity index (χ2v) is 9.28. The Balaban J connectivity index is 1.46. The van der Waals surface area contributed by atoms with E-state index in [2.05, 4.69) is 20.2 Å². The molecule has 0 bridgehead atoms. The van der Waals surface area contributed by atoms with Crippen molar-refractivity contribution >= 4 is 33.8 Å². The average Bonchev–Trinajstić information content (AvgIpc) is 3.47. The Labute approximate surface area is 185 Å². The van der Waals surface area contributed by atoms with Crippen LogP contribution in [0.2, 0.25) is 0 Å². The van der Waals surface area contributed by atoms with Crippen LogP contribution >= 0.6 is 0 Å². The molecule has 9 heteroatoms. The van der Waals surface area contributed by atoms with Gasteiger partial charge in [0.25, 0.3) is 0 Å². The number of hydrogen-bond donors (Lipinski definition) is 3. The third kappa shape index (κ3) is 3.74. The highest BCUT2D eigenvalue weighted by atomic mass is 16.6. The number of carbonyl (C=O) groups excluding carboxylic acids is 1. The maximum atomic E-state index is 12.6. The van der Waals surface area contributed by atoms with Crippen LogP contribution in [0.25, 0.3) is 33.2 Å². The van der Waals surface area contributed by atoms with Crippen LogP contribution in [-0.2, 0) is 11.2 Å². The monoisotopic (exact) mass is 433 g/mol. The molecule has 1 amide bonds. The second kappa shape index (κ2) is 7.51. The standard InChI is InChI=1S/C23H27N7O2/c1-23(2,3)32-22(31)30-10-4-5-14(30)12-18-27-19-15-7-6-13(16-8-9-25-29-16)11-17(15)26-21(24)20(19)28-18/h6-9,11,14H,4-5,10,12H2,1-3H3,(H2,24,26)(H,25,29)(H,27,28)/t14-/m1/s1. The fourth-order valence-corrected chi connectivity index (χ4v) is 4.33. The SMILES string of the molecule is CC(C)(C)OC(=O)N1CCC[C@@H]1Cc1nc2c([nH]1)c(N)nc1cc(-c3ccn[nH]3)ccc12. The predicted octanol–water partition coefficient (Wildman–Crippen LogP) is 4.03. The molecule has 1 fully saturated rings. The lowest BCUT2D eigenvalue weighted by Gasteiger charge is -2.28. The number of hydrogen-bond acceptors (Lipinski definition) is 6. The maximum Gasteiger partial charge on any atom is 0.410 e. The molecule has 1 aromatic carbocycles. The minimum Gasteiger partial charge on any atom is -0.444 e. The van der Waals surface area contributed by atoms with Gasteiger partial charge in [-0.3, -0.25) is 5.10 Å². The first-order chi connectivity index (χ1) is 15.3. The van der Waals surface area contributed by atoms with Crippen LogP contribution in [0, 0.1) is 0 Å². The Morgan fingerprint density at radius 2 is 2.12 bits per heavy atom. The molecule has 9 nitrogen and oxygen atoms in total. The van der Waals surface area contributed by atoms with Crippen molar-refractivity contribution < 1.29 is 9.53 Å². The zero-order valence-electron chi connectivity index (χ0n) is 18.5. The Kier molecular flexibility index (Phi) is 4.76. The Morgan fingerprint density at radius 1 is 1.28 bits per heavy atom. The molecule has 1 aliphatic rings. The molecule has 0 saturated carbocycles. The van der Waals surface area contributed by atoms with Crippen LogP contribution in [0.15, 0.2) is 30.5 Å². The number of benzene rings is 1. The summed E-state index contributed by atoms with van der Waals surface area (Å²) in [7, 11) is 0. The van der Waals surface area contributed by atoms with Gasteiger partial charge in [0, 0.05) is 36.2 Å². The Morgan fingerprint density at radius 3 is 2.88 bits per heavy atom. The molecule has 1 saturated heterocycles. The first kappa shape index (κ1) is 20.3. The molecule has 166 valence electrons. The molecule has 0 aliphatic carbocycles. The molecule has 4 aromatic rings. The highest BCUT2D eigenvalue weighted by Crippen LogP contribution is 2.30. The van der Waals surface area contributed by atoms with Crippen LogP contribution in [0.3, 0.4) is 0 Å². The lowest BCUT2D eigenvalue weighted by Crippen LogP contribution is -2.40. The number of rotatable bonds is 3. The van der Waals surface area contributed by atoms with Gasteiger partial charge in [0.1, 0.15) is 28.3 Å². The number of fused-ring (bicyclic) bond motifs is 3. The minimum atomic E-state index is -0.516. The summed E-state index contributed by atoms with van der Waals surface area (Å²) >= 11 is 0. The van der Waals surface area contributed by atoms with Gasteiger partial charge in [0.15, 0.2) is 0 Å². The van der Waals surface area contributed by atoms with Gasteiger partial charge >= 0.3 is 6.09 Å². The van der Waals surface area contributed by atoms with Gasteiger partial charge in [-0.05, 0) is 51.8 Å².